The third-order valence-electron chi connectivity index (χ3n) is 3.48. The Kier molecular flexibility index (Phi) is 5.96. The van der Waals surface area contributed by atoms with Crippen molar-refractivity contribution in [2.45, 2.75) is 26.5 Å². The SMILES string of the molecule is CN=C(NCc1sc(C)nc1C)NCC1CN(C)CCO1. The minimum atomic E-state index is 0.217. The molecule has 0 saturated carbocycles. The maximum absolute atomic E-state index is 5.73. The summed E-state index contributed by atoms with van der Waals surface area (Å²) in [5, 5.41) is 7.76. The van der Waals surface area contributed by atoms with Crippen molar-refractivity contribution in [2.75, 3.05) is 40.3 Å². The van der Waals surface area contributed by atoms with Crippen molar-refractivity contribution < 1.29 is 4.74 Å². The zero-order valence-electron chi connectivity index (χ0n) is 13.3. The lowest BCUT2D eigenvalue weighted by Gasteiger charge is -2.30. The summed E-state index contributed by atoms with van der Waals surface area (Å²) in [5.74, 6) is 0.803. The van der Waals surface area contributed by atoms with Gasteiger partial charge in [-0.15, -0.1) is 11.3 Å². The zero-order chi connectivity index (χ0) is 15.2. The number of guanidine groups is 1. The second kappa shape index (κ2) is 7.72. The van der Waals surface area contributed by atoms with Crippen molar-refractivity contribution in [2.24, 2.45) is 4.99 Å². The summed E-state index contributed by atoms with van der Waals surface area (Å²) >= 11 is 1.73. The molecule has 1 saturated heterocycles. The fourth-order valence-electron chi connectivity index (χ4n) is 2.32. The topological polar surface area (TPSA) is 61.8 Å². The van der Waals surface area contributed by atoms with Crippen LogP contribution in [0.25, 0.3) is 0 Å². The molecule has 1 atom stereocenters. The number of morpholine rings is 1. The fraction of sp³-hybridized carbons (Fsp3) is 0.714. The minimum Gasteiger partial charge on any atom is -0.374 e. The van der Waals surface area contributed by atoms with Crippen LogP contribution in [0.5, 0.6) is 0 Å². The van der Waals surface area contributed by atoms with Crippen molar-refractivity contribution in [3.8, 4) is 0 Å². The first-order chi connectivity index (χ1) is 10.1. The molecule has 1 aromatic heterocycles. The Morgan fingerprint density at radius 1 is 1.48 bits per heavy atom. The summed E-state index contributed by atoms with van der Waals surface area (Å²) in [5.41, 5.74) is 1.10. The summed E-state index contributed by atoms with van der Waals surface area (Å²) in [6.07, 6.45) is 0.217. The lowest BCUT2D eigenvalue weighted by atomic mass is 10.3. The normalized spacial score (nSPS) is 20.6. The molecule has 0 aliphatic carbocycles. The summed E-state index contributed by atoms with van der Waals surface area (Å²) in [6.45, 7) is 8.36. The Labute approximate surface area is 130 Å². The average molecular weight is 311 g/mol. The Balaban J connectivity index is 1.77. The molecule has 0 radical (unpaired) electrons. The first-order valence-corrected chi connectivity index (χ1v) is 8.07. The quantitative estimate of drug-likeness (QED) is 0.635. The van der Waals surface area contributed by atoms with Crippen LogP contribution < -0.4 is 10.6 Å². The van der Waals surface area contributed by atoms with Crippen molar-refractivity contribution in [1.29, 1.82) is 0 Å². The molecule has 2 N–H and O–H groups in total. The van der Waals surface area contributed by atoms with E-state index in [0.717, 1.165) is 49.4 Å². The number of thiazole rings is 1. The maximum Gasteiger partial charge on any atom is 0.191 e. The van der Waals surface area contributed by atoms with E-state index in [1.807, 2.05) is 13.8 Å². The van der Waals surface area contributed by atoms with Gasteiger partial charge in [0.2, 0.25) is 0 Å². The number of aromatic nitrogens is 1. The number of nitrogens with zero attached hydrogens (tertiary/aromatic N) is 3. The minimum absolute atomic E-state index is 0.217. The lowest BCUT2D eigenvalue weighted by Crippen LogP contribution is -2.48. The molecule has 1 fully saturated rings. The van der Waals surface area contributed by atoms with Crippen molar-refractivity contribution in [3.63, 3.8) is 0 Å². The highest BCUT2D eigenvalue weighted by atomic mass is 32.1. The van der Waals surface area contributed by atoms with Gasteiger partial charge in [-0.1, -0.05) is 0 Å². The number of hydrogen-bond donors (Lipinski definition) is 2. The van der Waals surface area contributed by atoms with Gasteiger partial charge < -0.3 is 20.3 Å². The third kappa shape index (κ3) is 4.94. The van der Waals surface area contributed by atoms with Gasteiger partial charge in [0, 0.05) is 31.6 Å². The molecule has 21 heavy (non-hydrogen) atoms. The van der Waals surface area contributed by atoms with E-state index in [0.29, 0.717) is 0 Å². The number of likely N-dealkylation sites (N-methyl/N-ethyl adjacent to an activating group) is 1. The fourth-order valence-corrected chi connectivity index (χ4v) is 3.20. The number of aliphatic imine (C=N–C) groups is 1. The molecule has 0 bridgehead atoms. The van der Waals surface area contributed by atoms with E-state index in [-0.39, 0.29) is 6.10 Å². The van der Waals surface area contributed by atoms with E-state index >= 15 is 0 Å². The highest BCUT2D eigenvalue weighted by Gasteiger charge is 2.17. The molecule has 1 aliphatic rings. The van der Waals surface area contributed by atoms with E-state index in [1.165, 1.54) is 4.88 Å². The molecule has 1 unspecified atom stereocenters. The van der Waals surface area contributed by atoms with Gasteiger partial charge in [-0.2, -0.15) is 0 Å². The third-order valence-corrected chi connectivity index (χ3v) is 4.55. The molecule has 1 aromatic rings. The Bertz CT molecular complexity index is 488. The molecule has 0 amide bonds. The van der Waals surface area contributed by atoms with E-state index in [9.17, 15) is 0 Å². The summed E-state index contributed by atoms with van der Waals surface area (Å²) in [4.78, 5) is 12.2. The van der Waals surface area contributed by atoms with Crippen LogP contribution in [0.4, 0.5) is 0 Å². The lowest BCUT2D eigenvalue weighted by molar-refractivity contribution is -0.0161. The van der Waals surface area contributed by atoms with Crippen molar-refractivity contribution in [3.05, 3.63) is 15.6 Å². The highest BCUT2D eigenvalue weighted by Crippen LogP contribution is 2.16. The van der Waals surface area contributed by atoms with Gasteiger partial charge in [0.25, 0.3) is 0 Å². The van der Waals surface area contributed by atoms with Gasteiger partial charge in [0.1, 0.15) is 0 Å². The van der Waals surface area contributed by atoms with Crippen LogP contribution in [0, 0.1) is 13.8 Å². The predicted octanol–water partition coefficient (Wildman–Crippen LogP) is 0.756. The number of aryl methyl sites for hydroxylation is 2. The summed E-state index contributed by atoms with van der Waals surface area (Å²) in [6, 6.07) is 0. The van der Waals surface area contributed by atoms with Crippen LogP contribution in [-0.2, 0) is 11.3 Å². The van der Waals surface area contributed by atoms with Gasteiger partial charge in [-0.3, -0.25) is 4.99 Å². The van der Waals surface area contributed by atoms with Gasteiger partial charge >= 0.3 is 0 Å². The predicted molar refractivity (Wildman–Crippen MR) is 87.0 cm³/mol. The Morgan fingerprint density at radius 3 is 2.90 bits per heavy atom. The van der Waals surface area contributed by atoms with Gasteiger partial charge in [0.05, 0.1) is 30.0 Å². The molecule has 0 aromatic carbocycles. The van der Waals surface area contributed by atoms with E-state index in [1.54, 1.807) is 18.4 Å². The molecule has 2 heterocycles. The monoisotopic (exact) mass is 311 g/mol. The van der Waals surface area contributed by atoms with Crippen LogP contribution in [0.3, 0.4) is 0 Å². The second-order valence-corrected chi connectivity index (χ2v) is 6.59. The molecule has 118 valence electrons. The van der Waals surface area contributed by atoms with E-state index < -0.39 is 0 Å². The molecule has 1 aliphatic heterocycles. The van der Waals surface area contributed by atoms with Crippen LogP contribution in [0.2, 0.25) is 0 Å². The van der Waals surface area contributed by atoms with Gasteiger partial charge in [-0.05, 0) is 20.9 Å². The second-order valence-electron chi connectivity index (χ2n) is 5.30. The maximum atomic E-state index is 5.73. The van der Waals surface area contributed by atoms with Crippen molar-refractivity contribution >= 4 is 17.3 Å². The number of hydrogen-bond acceptors (Lipinski definition) is 5. The van der Waals surface area contributed by atoms with Crippen LogP contribution in [-0.4, -0.2) is 62.3 Å². The molecule has 7 heteroatoms. The molecular formula is C14H25N5OS. The molecule has 0 spiro atoms. The highest BCUT2D eigenvalue weighted by molar-refractivity contribution is 7.11. The Morgan fingerprint density at radius 2 is 2.29 bits per heavy atom. The van der Waals surface area contributed by atoms with Crippen LogP contribution >= 0.6 is 11.3 Å². The molecular weight excluding hydrogens is 286 g/mol. The first-order valence-electron chi connectivity index (χ1n) is 7.26. The molecule has 2 rings (SSSR count). The van der Waals surface area contributed by atoms with Crippen LogP contribution in [0.15, 0.2) is 4.99 Å². The average Bonchev–Trinajstić information content (AvgIpc) is 2.77. The number of ether oxygens (including phenoxy) is 1. The summed E-state index contributed by atoms with van der Waals surface area (Å²) < 4.78 is 5.73. The van der Waals surface area contributed by atoms with E-state index in [4.69, 9.17) is 4.74 Å². The number of nitrogens with one attached hydrogen (secondary N) is 2. The van der Waals surface area contributed by atoms with Crippen molar-refractivity contribution in [1.82, 2.24) is 20.5 Å². The van der Waals surface area contributed by atoms with Gasteiger partial charge in [-0.25, -0.2) is 4.98 Å². The summed E-state index contributed by atoms with van der Waals surface area (Å²) in [7, 11) is 3.91. The van der Waals surface area contributed by atoms with Crippen LogP contribution in [0.1, 0.15) is 15.6 Å². The largest absolute Gasteiger partial charge is 0.374 e. The number of rotatable bonds is 4. The zero-order valence-corrected chi connectivity index (χ0v) is 14.1. The Hall–Kier alpha value is -1.18. The van der Waals surface area contributed by atoms with Gasteiger partial charge in [0.15, 0.2) is 5.96 Å². The molecule has 6 nitrogen and oxygen atoms in total. The van der Waals surface area contributed by atoms with E-state index in [2.05, 4.69) is 32.6 Å². The first kappa shape index (κ1) is 16.2. The smallest absolute Gasteiger partial charge is 0.191 e. The standard InChI is InChI=1S/C14H25N5OS/c1-10-13(21-11(2)18-10)8-17-14(15-3)16-7-12-9-19(4)5-6-20-12/h12H,5-9H2,1-4H3,(H2,15,16,17).